The van der Waals surface area contributed by atoms with Crippen LogP contribution >= 0.6 is 23.2 Å². The first-order chi connectivity index (χ1) is 18.0. The van der Waals surface area contributed by atoms with E-state index in [1.165, 1.54) is 0 Å². The molecule has 1 saturated carbocycles. The molecule has 0 spiro atoms. The minimum absolute atomic E-state index is 0.104. The fourth-order valence-electron chi connectivity index (χ4n) is 5.03. The van der Waals surface area contributed by atoms with Crippen molar-refractivity contribution in [1.29, 1.82) is 0 Å². The lowest BCUT2D eigenvalue weighted by Gasteiger charge is -2.38. The van der Waals surface area contributed by atoms with E-state index in [9.17, 15) is 4.79 Å². The molecule has 6 rings (SSSR count). The van der Waals surface area contributed by atoms with Gasteiger partial charge in [-0.05, 0) is 61.6 Å². The molecule has 0 unspecified atom stereocenters. The number of rotatable bonds is 7. The minimum Gasteiger partial charge on any atom is -0.373 e. The van der Waals surface area contributed by atoms with E-state index in [2.05, 4.69) is 31.6 Å². The number of aromatic amines is 1. The highest BCUT2D eigenvalue weighted by molar-refractivity contribution is 6.39. The fraction of sp³-hybridized carbons (Fsp3) is 0.370. The van der Waals surface area contributed by atoms with Crippen molar-refractivity contribution in [3.8, 4) is 22.6 Å². The van der Waals surface area contributed by atoms with E-state index in [0.717, 1.165) is 54.9 Å². The first-order valence-electron chi connectivity index (χ1n) is 12.4. The molecule has 0 amide bonds. The molecule has 4 aromatic rings. The van der Waals surface area contributed by atoms with Crippen LogP contribution in [0.25, 0.3) is 22.6 Å². The van der Waals surface area contributed by atoms with Crippen molar-refractivity contribution >= 4 is 28.9 Å². The molecule has 3 heterocycles. The van der Waals surface area contributed by atoms with Crippen LogP contribution in [-0.2, 0) is 11.3 Å². The molecule has 0 radical (unpaired) electrons. The van der Waals surface area contributed by atoms with Crippen molar-refractivity contribution < 1.29 is 13.8 Å². The summed E-state index contributed by atoms with van der Waals surface area (Å²) in [6, 6.07) is 13.4. The van der Waals surface area contributed by atoms with E-state index in [4.69, 9.17) is 32.5 Å². The zero-order chi connectivity index (χ0) is 25.5. The Morgan fingerprint density at radius 2 is 1.81 bits per heavy atom. The number of anilines is 1. The van der Waals surface area contributed by atoms with E-state index in [1.807, 2.05) is 42.5 Å². The molecule has 10 heteroatoms. The highest BCUT2D eigenvalue weighted by atomic mass is 35.5. The second-order valence-electron chi connectivity index (χ2n) is 9.80. The van der Waals surface area contributed by atoms with Gasteiger partial charge in [0.05, 0.1) is 22.8 Å². The summed E-state index contributed by atoms with van der Waals surface area (Å²) in [6.07, 6.45) is 3.19. The largest absolute Gasteiger partial charge is 0.439 e. The summed E-state index contributed by atoms with van der Waals surface area (Å²) < 4.78 is 16.9. The van der Waals surface area contributed by atoms with Crippen LogP contribution < -0.4 is 10.7 Å². The summed E-state index contributed by atoms with van der Waals surface area (Å²) in [4.78, 5) is 16.2. The van der Waals surface area contributed by atoms with Crippen molar-refractivity contribution in [3.63, 3.8) is 0 Å². The Bertz CT molecular complexity index is 1440. The van der Waals surface area contributed by atoms with Crippen molar-refractivity contribution in [2.75, 3.05) is 18.0 Å². The zero-order valence-electron chi connectivity index (χ0n) is 20.2. The Balaban J connectivity index is 1.14. The van der Waals surface area contributed by atoms with Crippen LogP contribution in [-0.4, -0.2) is 34.5 Å². The van der Waals surface area contributed by atoms with Gasteiger partial charge in [0.15, 0.2) is 5.82 Å². The highest BCUT2D eigenvalue weighted by Gasteiger charge is 2.35. The third-order valence-corrected chi connectivity index (χ3v) is 7.81. The Morgan fingerprint density at radius 3 is 2.46 bits per heavy atom. The number of H-pyrrole nitrogens is 1. The number of halogens is 2. The van der Waals surface area contributed by atoms with Gasteiger partial charge in [-0.1, -0.05) is 46.5 Å². The van der Waals surface area contributed by atoms with Gasteiger partial charge in [-0.15, -0.1) is 0 Å². The van der Waals surface area contributed by atoms with Crippen molar-refractivity contribution in [1.82, 2.24) is 15.3 Å². The number of hydrogen-bond donors (Lipinski definition) is 1. The molecule has 2 aliphatic rings. The second-order valence-corrected chi connectivity index (χ2v) is 10.6. The van der Waals surface area contributed by atoms with E-state index < -0.39 is 5.76 Å². The van der Waals surface area contributed by atoms with Gasteiger partial charge in [0.2, 0.25) is 0 Å². The van der Waals surface area contributed by atoms with Gasteiger partial charge in [0, 0.05) is 41.4 Å². The summed E-state index contributed by atoms with van der Waals surface area (Å²) >= 11 is 13.0. The second kappa shape index (κ2) is 10.0. The number of hydrogen-bond acceptors (Lipinski definition) is 7. The maximum absolute atomic E-state index is 11.2. The van der Waals surface area contributed by atoms with E-state index in [0.29, 0.717) is 45.6 Å². The van der Waals surface area contributed by atoms with Crippen LogP contribution in [0.5, 0.6) is 0 Å². The van der Waals surface area contributed by atoms with Gasteiger partial charge in [-0.3, -0.25) is 9.51 Å². The maximum atomic E-state index is 11.2. The van der Waals surface area contributed by atoms with Crippen LogP contribution in [0.4, 0.5) is 5.69 Å². The third-order valence-electron chi connectivity index (χ3n) is 7.18. The predicted octanol–water partition coefficient (Wildman–Crippen LogP) is 6.30. The van der Waals surface area contributed by atoms with Crippen molar-refractivity contribution in [2.24, 2.45) is 5.92 Å². The summed E-state index contributed by atoms with van der Waals surface area (Å²) in [5.74, 6) is 1.46. The minimum atomic E-state index is -0.562. The molecule has 1 aliphatic carbocycles. The molecule has 1 N–H and O–H groups in total. The topological polar surface area (TPSA) is 97.4 Å². The molecule has 2 aromatic heterocycles. The molecular formula is C27H26Cl2N4O4. The SMILES string of the molecule is C[C@@H]1CN(c2ccc(-c3noc(=O)[nH]3)cc2)CC[C@H]1OCc1c(-c2c(Cl)cccc2Cl)noc1C1CC1. The van der Waals surface area contributed by atoms with Crippen LogP contribution in [0.3, 0.4) is 0 Å². The Labute approximate surface area is 223 Å². The van der Waals surface area contributed by atoms with Crippen LogP contribution in [0.15, 0.2) is 56.3 Å². The molecule has 37 heavy (non-hydrogen) atoms. The van der Waals surface area contributed by atoms with Crippen molar-refractivity contribution in [3.05, 3.63) is 74.4 Å². The predicted molar refractivity (Wildman–Crippen MR) is 141 cm³/mol. The lowest BCUT2D eigenvalue weighted by molar-refractivity contribution is -0.00534. The number of ether oxygens (including phenoxy) is 1. The molecule has 8 nitrogen and oxygen atoms in total. The molecule has 2 fully saturated rings. The smallest absolute Gasteiger partial charge is 0.373 e. The van der Waals surface area contributed by atoms with E-state index in [-0.39, 0.29) is 6.10 Å². The third kappa shape index (κ3) is 4.93. The van der Waals surface area contributed by atoms with Gasteiger partial charge in [-0.25, -0.2) is 4.79 Å². The highest BCUT2D eigenvalue weighted by Crippen LogP contribution is 2.46. The number of aromatic nitrogens is 3. The molecule has 192 valence electrons. The molecular weight excluding hydrogens is 515 g/mol. The average Bonchev–Trinajstić information content (AvgIpc) is 3.51. The molecule has 0 bridgehead atoms. The van der Waals surface area contributed by atoms with Gasteiger partial charge in [0.1, 0.15) is 11.5 Å². The normalized spacial score (nSPS) is 19.9. The van der Waals surface area contributed by atoms with E-state index in [1.54, 1.807) is 0 Å². The number of nitrogens with one attached hydrogen (secondary N) is 1. The molecule has 1 saturated heterocycles. The average molecular weight is 541 g/mol. The Kier molecular flexibility index (Phi) is 6.56. The first-order valence-corrected chi connectivity index (χ1v) is 13.2. The number of benzene rings is 2. The van der Waals surface area contributed by atoms with Gasteiger partial charge in [-0.2, -0.15) is 0 Å². The summed E-state index contributed by atoms with van der Waals surface area (Å²) in [5.41, 5.74) is 4.24. The molecule has 2 aromatic carbocycles. The van der Waals surface area contributed by atoms with Crippen LogP contribution in [0.2, 0.25) is 10.0 Å². The van der Waals surface area contributed by atoms with E-state index >= 15 is 0 Å². The zero-order valence-corrected chi connectivity index (χ0v) is 21.8. The lowest BCUT2D eigenvalue weighted by Crippen LogP contribution is -2.43. The van der Waals surface area contributed by atoms with Crippen LogP contribution in [0.1, 0.15) is 43.4 Å². The van der Waals surface area contributed by atoms with Gasteiger partial charge >= 0.3 is 5.76 Å². The van der Waals surface area contributed by atoms with Crippen LogP contribution in [0, 0.1) is 5.92 Å². The quantitative estimate of drug-likeness (QED) is 0.293. The number of nitrogens with zero attached hydrogens (tertiary/aromatic N) is 3. The maximum Gasteiger partial charge on any atom is 0.439 e. The standard InChI is InChI=1S/C27H26Cl2N4O4/c1-15-13-33(18-9-7-17(8-10-18)26-30-27(34)37-32-26)12-11-22(15)35-14-19-24(31-36-25(19)16-5-6-16)23-20(28)3-2-4-21(23)29/h2-4,7-10,15-16,22H,5-6,11-14H2,1H3,(H,30,32,34)/t15-,22-/m1/s1. The van der Waals surface area contributed by atoms with Gasteiger partial charge in [0.25, 0.3) is 0 Å². The Morgan fingerprint density at radius 1 is 1.05 bits per heavy atom. The lowest BCUT2D eigenvalue weighted by atomic mass is 9.95. The van der Waals surface area contributed by atoms with Gasteiger partial charge < -0.3 is 14.2 Å². The Hall–Kier alpha value is -3.07. The molecule has 2 atom stereocenters. The summed E-state index contributed by atoms with van der Waals surface area (Å²) in [6.45, 7) is 4.36. The summed E-state index contributed by atoms with van der Waals surface area (Å²) in [5, 5.41) is 9.22. The number of piperidine rings is 1. The monoisotopic (exact) mass is 540 g/mol. The van der Waals surface area contributed by atoms with Crippen molar-refractivity contribution in [2.45, 2.75) is 44.8 Å². The first kappa shape index (κ1) is 24.3. The fourth-order valence-corrected chi connectivity index (χ4v) is 5.61. The molecule has 1 aliphatic heterocycles. The summed E-state index contributed by atoms with van der Waals surface area (Å²) in [7, 11) is 0.